The Morgan fingerprint density at radius 3 is 0.875 bits per heavy atom. The van der Waals surface area contributed by atoms with Crippen molar-refractivity contribution in [1.82, 2.24) is 0 Å². The van der Waals surface area contributed by atoms with Crippen molar-refractivity contribution in [3.05, 3.63) is 0 Å². The molecule has 0 amide bonds. The molecule has 3 N–H and O–H groups in total. The van der Waals surface area contributed by atoms with Crippen LogP contribution in [-0.2, 0) is 0 Å². The molecule has 8 heteroatoms. The van der Waals surface area contributed by atoms with Gasteiger partial charge in [-0.15, -0.1) is 0 Å². The van der Waals surface area contributed by atoms with Crippen LogP contribution in [-0.4, -0.2) is 29.9 Å². The van der Waals surface area contributed by atoms with Gasteiger partial charge in [0, 0.05) is 0 Å². The molecule has 8 heavy (non-hydrogen) atoms. The van der Waals surface area contributed by atoms with Crippen molar-refractivity contribution in [3.63, 3.8) is 0 Å². The highest BCUT2D eigenvalue weighted by Gasteiger charge is 2.06. The molecule has 0 saturated heterocycles. The number of hydrogen-bond acceptors (Lipinski definition) is 3. The summed E-state index contributed by atoms with van der Waals surface area (Å²) in [4.78, 5) is 0. The highest BCUT2D eigenvalue weighted by Crippen LogP contribution is 1.80. The third kappa shape index (κ3) is 3340. The van der Waals surface area contributed by atoms with E-state index in [2.05, 4.69) is 0 Å². The maximum absolute atomic E-state index is 9.67. The first-order chi connectivity index (χ1) is 3.46. The Morgan fingerprint density at radius 2 is 0.875 bits per heavy atom. The Balaban J connectivity index is 0. The molecule has 0 unspecified atom stereocenters. The van der Waals surface area contributed by atoms with Crippen molar-refractivity contribution in [2.24, 2.45) is 0 Å². The SMILES string of the molecule is FB(F)F.OB(O)O. The van der Waals surface area contributed by atoms with E-state index in [1.54, 1.807) is 0 Å². The van der Waals surface area contributed by atoms with Gasteiger partial charge in [0.1, 0.15) is 0 Å². The summed E-state index contributed by atoms with van der Waals surface area (Å²) in [6.07, 6.45) is 0. The normalized spacial score (nSPS) is 6.75. The summed E-state index contributed by atoms with van der Waals surface area (Å²) in [6, 6.07) is 0. The van der Waals surface area contributed by atoms with Gasteiger partial charge in [-0.2, -0.15) is 0 Å². The van der Waals surface area contributed by atoms with Crippen LogP contribution in [0.3, 0.4) is 0 Å². The fourth-order valence-electron chi connectivity index (χ4n) is 0. The Kier molecular flexibility index (Phi) is 9.11. The molecule has 0 aliphatic heterocycles. The van der Waals surface area contributed by atoms with Crippen LogP contribution in [0.15, 0.2) is 0 Å². The molecule has 0 aromatic rings. The molecule has 0 saturated carbocycles. The molecule has 0 bridgehead atoms. The smallest absolute Gasteiger partial charge is 0.402 e. The number of hydrogen-bond donors (Lipinski definition) is 3. The minimum absolute atomic E-state index is 2.17. The predicted octanol–water partition coefficient (Wildman–Crippen LogP) is -1.17. The molecule has 48 valence electrons. The van der Waals surface area contributed by atoms with Gasteiger partial charge in [-0.25, -0.2) is 0 Å². The maximum Gasteiger partial charge on any atom is 0.762 e. The van der Waals surface area contributed by atoms with E-state index in [1.165, 1.54) is 0 Å². The second-order valence-electron chi connectivity index (χ2n) is 0.594. The second-order valence-corrected chi connectivity index (χ2v) is 0.594. The monoisotopic (exact) mass is 130 g/mol. The van der Waals surface area contributed by atoms with Gasteiger partial charge in [-0.05, 0) is 0 Å². The van der Waals surface area contributed by atoms with Gasteiger partial charge in [0.25, 0.3) is 0 Å². The van der Waals surface area contributed by atoms with Crippen LogP contribution < -0.4 is 0 Å². The molecule has 0 spiro atoms. The summed E-state index contributed by atoms with van der Waals surface area (Å²) in [7, 11) is -5.83. The van der Waals surface area contributed by atoms with Crippen molar-refractivity contribution < 1.29 is 28.0 Å². The molecular weight excluding hydrogens is 127 g/mol. The molecule has 0 atom stereocenters. The molecule has 0 rings (SSSR count). The lowest BCUT2D eigenvalue weighted by Crippen LogP contribution is -2.07. The molecule has 0 aliphatic rings. The van der Waals surface area contributed by atoms with Crippen molar-refractivity contribution in [2.75, 3.05) is 0 Å². The zero-order chi connectivity index (χ0) is 7.15. The topological polar surface area (TPSA) is 60.7 Å². The number of halogens is 3. The van der Waals surface area contributed by atoms with Gasteiger partial charge in [0.15, 0.2) is 0 Å². The van der Waals surface area contributed by atoms with Crippen LogP contribution in [0.1, 0.15) is 0 Å². The minimum Gasteiger partial charge on any atom is -0.402 e. The van der Waals surface area contributed by atoms with Gasteiger partial charge in [-0.1, -0.05) is 0 Å². The van der Waals surface area contributed by atoms with Crippen LogP contribution in [0.25, 0.3) is 0 Å². The first-order valence-electron chi connectivity index (χ1n) is 1.43. The van der Waals surface area contributed by atoms with Crippen molar-refractivity contribution in [2.45, 2.75) is 0 Å². The van der Waals surface area contributed by atoms with E-state index in [9.17, 15) is 12.9 Å². The van der Waals surface area contributed by atoms with E-state index in [0.717, 1.165) is 0 Å². The average Bonchev–Trinajstić information content (AvgIpc) is 1.25. The van der Waals surface area contributed by atoms with Crippen molar-refractivity contribution >= 4 is 14.9 Å². The highest BCUT2D eigenvalue weighted by molar-refractivity contribution is 6.33. The zero-order valence-electron chi connectivity index (χ0n) is 3.63. The molecule has 3 nitrogen and oxygen atoms in total. The summed E-state index contributed by atoms with van der Waals surface area (Å²) in [5.74, 6) is 0. The van der Waals surface area contributed by atoms with E-state index in [0.29, 0.717) is 0 Å². The Labute approximate surface area is 44.2 Å². The largest absolute Gasteiger partial charge is 0.762 e. The summed E-state index contributed by atoms with van der Waals surface area (Å²) >= 11 is 0. The van der Waals surface area contributed by atoms with Crippen LogP contribution in [0.4, 0.5) is 12.9 Å². The summed E-state index contributed by atoms with van der Waals surface area (Å²) in [6.45, 7) is 0. The molecule has 0 heterocycles. The van der Waals surface area contributed by atoms with Gasteiger partial charge in [0.2, 0.25) is 0 Å². The fraction of sp³-hybridized carbons (Fsp3) is 0. The third-order valence-electron chi connectivity index (χ3n) is 0. The third-order valence-corrected chi connectivity index (χ3v) is 0. The van der Waals surface area contributed by atoms with Crippen LogP contribution >= 0.6 is 0 Å². The summed E-state index contributed by atoms with van der Waals surface area (Å²) < 4.78 is 29.0. The van der Waals surface area contributed by atoms with E-state index in [4.69, 9.17) is 15.1 Å². The lowest BCUT2D eigenvalue weighted by molar-refractivity contribution is 0.278. The van der Waals surface area contributed by atoms with Crippen LogP contribution in [0.2, 0.25) is 0 Å². The molecule has 0 fully saturated rings. The molecule has 0 radical (unpaired) electrons. The first-order valence-corrected chi connectivity index (χ1v) is 1.43. The van der Waals surface area contributed by atoms with Gasteiger partial charge in [0.05, 0.1) is 0 Å². The van der Waals surface area contributed by atoms with Crippen molar-refractivity contribution in [3.8, 4) is 0 Å². The van der Waals surface area contributed by atoms with Crippen LogP contribution in [0, 0.1) is 0 Å². The van der Waals surface area contributed by atoms with Gasteiger partial charge < -0.3 is 15.1 Å². The highest BCUT2D eigenvalue weighted by atomic mass is 19.4. The lowest BCUT2D eigenvalue weighted by atomic mass is 10.3. The van der Waals surface area contributed by atoms with E-state index >= 15 is 0 Å². The zero-order valence-corrected chi connectivity index (χ0v) is 3.63. The van der Waals surface area contributed by atoms with Gasteiger partial charge >= 0.3 is 14.9 Å². The van der Waals surface area contributed by atoms with Crippen LogP contribution in [0.5, 0.6) is 0 Å². The Bertz CT molecular complexity index is 28.0. The fourth-order valence-corrected chi connectivity index (χ4v) is 0. The Hall–Kier alpha value is -0.200. The van der Waals surface area contributed by atoms with E-state index < -0.39 is 14.9 Å². The molecule has 0 aromatic heterocycles. The van der Waals surface area contributed by atoms with E-state index in [1.807, 2.05) is 0 Å². The molecule has 0 aromatic carbocycles. The lowest BCUT2D eigenvalue weighted by Gasteiger charge is -1.69. The van der Waals surface area contributed by atoms with E-state index in [-0.39, 0.29) is 0 Å². The van der Waals surface area contributed by atoms with Gasteiger partial charge in [-0.3, -0.25) is 12.9 Å². The molecule has 0 aliphatic carbocycles. The average molecular weight is 130 g/mol. The maximum atomic E-state index is 9.67. The number of rotatable bonds is 0. The summed E-state index contributed by atoms with van der Waals surface area (Å²) in [5.41, 5.74) is 0. The Morgan fingerprint density at radius 1 is 0.875 bits per heavy atom. The molecular formula is H3B2F3O3. The first kappa shape index (κ1) is 10.7. The predicted molar refractivity (Wildman–Crippen MR) is 21.5 cm³/mol. The minimum atomic E-state index is -3.67. The van der Waals surface area contributed by atoms with Crippen molar-refractivity contribution in [1.29, 1.82) is 0 Å². The standard InChI is InChI=1S/BF3.BH3O3/c2*2-1(3)4/h;2-4H. The quantitative estimate of drug-likeness (QED) is 0.361. The second kappa shape index (κ2) is 6.80. The summed E-state index contributed by atoms with van der Waals surface area (Å²) in [5, 5.41) is 21.5.